The zero-order chi connectivity index (χ0) is 15.9. The molecule has 4 nitrogen and oxygen atoms in total. The van der Waals surface area contributed by atoms with Crippen molar-refractivity contribution in [2.75, 3.05) is 12.4 Å². The Kier molecular flexibility index (Phi) is 5.03. The van der Waals surface area contributed by atoms with Crippen molar-refractivity contribution in [2.45, 2.75) is 0 Å². The van der Waals surface area contributed by atoms with Crippen molar-refractivity contribution in [3.63, 3.8) is 0 Å². The first kappa shape index (κ1) is 15.4. The van der Waals surface area contributed by atoms with Crippen LogP contribution < -0.4 is 10.6 Å². The van der Waals surface area contributed by atoms with Crippen LogP contribution >= 0.6 is 0 Å². The molecule has 0 radical (unpaired) electrons. The van der Waals surface area contributed by atoms with Gasteiger partial charge < -0.3 is 10.6 Å². The summed E-state index contributed by atoms with van der Waals surface area (Å²) in [5.41, 5.74) is 1.26. The van der Waals surface area contributed by atoms with E-state index in [2.05, 4.69) is 10.6 Å². The smallest absolute Gasteiger partial charge is 0.251 e. The molecule has 0 heterocycles. The first-order chi connectivity index (χ1) is 10.6. The number of carbonyl (C=O) groups excluding carboxylic acids is 2. The Hall–Kier alpha value is -2.95. The van der Waals surface area contributed by atoms with Gasteiger partial charge in [0.15, 0.2) is 0 Å². The van der Waals surface area contributed by atoms with Gasteiger partial charge in [0.25, 0.3) is 5.91 Å². The predicted molar refractivity (Wildman–Crippen MR) is 83.9 cm³/mol. The lowest BCUT2D eigenvalue weighted by Crippen LogP contribution is -2.18. The summed E-state index contributed by atoms with van der Waals surface area (Å²) in [6.07, 6.45) is 2.64. The van der Waals surface area contributed by atoms with Crippen LogP contribution in [0.4, 0.5) is 10.1 Å². The van der Waals surface area contributed by atoms with Crippen molar-refractivity contribution in [3.05, 3.63) is 71.6 Å². The second-order valence-electron chi connectivity index (χ2n) is 4.50. The normalized spacial score (nSPS) is 10.5. The summed E-state index contributed by atoms with van der Waals surface area (Å²) >= 11 is 0. The second kappa shape index (κ2) is 7.17. The maximum absolute atomic E-state index is 13.4. The highest BCUT2D eigenvalue weighted by atomic mass is 19.1. The highest BCUT2D eigenvalue weighted by molar-refractivity contribution is 6.03. The lowest BCUT2D eigenvalue weighted by atomic mass is 10.2. The first-order valence-corrected chi connectivity index (χ1v) is 6.66. The average Bonchev–Trinajstić information content (AvgIpc) is 2.53. The number of rotatable bonds is 4. The molecule has 0 atom stereocenters. The minimum absolute atomic E-state index is 0.238. The topological polar surface area (TPSA) is 58.2 Å². The van der Waals surface area contributed by atoms with E-state index < -0.39 is 11.7 Å². The Morgan fingerprint density at radius 3 is 2.59 bits per heavy atom. The molecule has 2 N–H and O–H groups in total. The summed E-state index contributed by atoms with van der Waals surface area (Å²) < 4.78 is 13.4. The Balaban J connectivity index is 2.06. The number of halogens is 1. The van der Waals surface area contributed by atoms with Crippen molar-refractivity contribution in [1.29, 1.82) is 0 Å². The molecule has 0 bridgehead atoms. The largest absolute Gasteiger partial charge is 0.355 e. The van der Waals surface area contributed by atoms with E-state index in [4.69, 9.17) is 0 Å². The highest BCUT2D eigenvalue weighted by Crippen LogP contribution is 2.12. The molecule has 2 amide bonds. The number of carbonyl (C=O) groups is 2. The van der Waals surface area contributed by atoms with Gasteiger partial charge in [-0.2, -0.15) is 0 Å². The van der Waals surface area contributed by atoms with Crippen molar-refractivity contribution in [1.82, 2.24) is 5.32 Å². The van der Waals surface area contributed by atoms with Gasteiger partial charge in [0, 0.05) is 29.9 Å². The molecule has 0 aliphatic heterocycles. The van der Waals surface area contributed by atoms with Crippen molar-refractivity contribution < 1.29 is 14.0 Å². The van der Waals surface area contributed by atoms with Crippen LogP contribution in [0.25, 0.3) is 6.08 Å². The molecule has 2 aromatic rings. The number of hydrogen-bond donors (Lipinski definition) is 2. The molecule has 2 rings (SSSR count). The molecular weight excluding hydrogens is 283 g/mol. The van der Waals surface area contributed by atoms with Gasteiger partial charge >= 0.3 is 0 Å². The Morgan fingerprint density at radius 2 is 1.86 bits per heavy atom. The zero-order valence-electron chi connectivity index (χ0n) is 12.0. The van der Waals surface area contributed by atoms with E-state index in [1.165, 1.54) is 25.3 Å². The third-order valence-electron chi connectivity index (χ3n) is 2.94. The van der Waals surface area contributed by atoms with Gasteiger partial charge in [0.05, 0.1) is 0 Å². The number of nitrogens with one attached hydrogen (secondary N) is 2. The fraction of sp³-hybridized carbons (Fsp3) is 0.0588. The second-order valence-corrected chi connectivity index (χ2v) is 4.50. The van der Waals surface area contributed by atoms with Crippen LogP contribution in [0.1, 0.15) is 15.9 Å². The van der Waals surface area contributed by atoms with Gasteiger partial charge in [-0.15, -0.1) is 0 Å². The Bertz CT molecular complexity index is 726. The van der Waals surface area contributed by atoms with Crippen molar-refractivity contribution >= 4 is 23.6 Å². The molecule has 0 unspecified atom stereocenters. The molecule has 0 saturated carbocycles. The quantitative estimate of drug-likeness (QED) is 0.853. The summed E-state index contributed by atoms with van der Waals surface area (Å²) in [6, 6.07) is 12.7. The fourth-order valence-electron chi connectivity index (χ4n) is 1.84. The SMILES string of the molecule is CNC(=O)c1cccc(NC(=O)C=Cc2ccccc2F)c1. The summed E-state index contributed by atoms with van der Waals surface area (Å²) in [4.78, 5) is 23.3. The number of benzene rings is 2. The van der Waals surface area contributed by atoms with Gasteiger partial charge in [0.1, 0.15) is 5.82 Å². The van der Waals surface area contributed by atoms with E-state index in [9.17, 15) is 14.0 Å². The fourth-order valence-corrected chi connectivity index (χ4v) is 1.84. The van der Waals surface area contributed by atoms with E-state index >= 15 is 0 Å². The third kappa shape index (κ3) is 4.02. The molecule has 0 aromatic heterocycles. The van der Waals surface area contributed by atoms with E-state index in [-0.39, 0.29) is 5.91 Å². The van der Waals surface area contributed by atoms with Crippen molar-refractivity contribution in [2.24, 2.45) is 0 Å². The summed E-state index contributed by atoms with van der Waals surface area (Å²) in [6.45, 7) is 0. The number of amides is 2. The standard InChI is InChI=1S/C17H15FN2O2/c1-19-17(22)13-6-4-7-14(11-13)20-16(21)10-9-12-5-2-3-8-15(12)18/h2-11H,1H3,(H,19,22)(H,20,21). The molecule has 112 valence electrons. The van der Waals surface area contributed by atoms with Crippen LogP contribution in [0, 0.1) is 5.82 Å². The van der Waals surface area contributed by atoms with Gasteiger partial charge in [0.2, 0.25) is 5.91 Å². The van der Waals surface area contributed by atoms with E-state index in [0.717, 1.165) is 0 Å². The Morgan fingerprint density at radius 1 is 1.09 bits per heavy atom. The van der Waals surface area contributed by atoms with E-state index in [1.54, 1.807) is 42.5 Å². The van der Waals surface area contributed by atoms with Crippen LogP contribution in [0.2, 0.25) is 0 Å². The monoisotopic (exact) mass is 298 g/mol. The van der Waals surface area contributed by atoms with E-state index in [0.29, 0.717) is 16.8 Å². The average molecular weight is 298 g/mol. The molecule has 0 spiro atoms. The summed E-state index contributed by atoms with van der Waals surface area (Å²) in [5, 5.41) is 5.13. The van der Waals surface area contributed by atoms with Crippen LogP contribution in [-0.2, 0) is 4.79 Å². The van der Waals surface area contributed by atoms with E-state index in [1.807, 2.05) is 0 Å². The number of hydrogen-bond acceptors (Lipinski definition) is 2. The summed E-state index contributed by atoms with van der Waals surface area (Å²) in [5.74, 6) is -1.04. The molecule has 5 heteroatoms. The van der Waals surface area contributed by atoms with Crippen LogP contribution in [0.15, 0.2) is 54.6 Å². The molecular formula is C17H15FN2O2. The van der Waals surface area contributed by atoms with Crippen LogP contribution in [0.3, 0.4) is 0 Å². The predicted octanol–water partition coefficient (Wildman–Crippen LogP) is 2.84. The van der Waals surface area contributed by atoms with Crippen LogP contribution in [0.5, 0.6) is 0 Å². The highest BCUT2D eigenvalue weighted by Gasteiger charge is 2.05. The lowest BCUT2D eigenvalue weighted by Gasteiger charge is -2.05. The van der Waals surface area contributed by atoms with Crippen molar-refractivity contribution in [3.8, 4) is 0 Å². The molecule has 22 heavy (non-hydrogen) atoms. The first-order valence-electron chi connectivity index (χ1n) is 6.66. The minimum atomic E-state index is -0.405. The van der Waals surface area contributed by atoms with Gasteiger partial charge in [-0.05, 0) is 30.3 Å². The Labute approximate surface area is 127 Å². The van der Waals surface area contributed by atoms with Gasteiger partial charge in [-0.1, -0.05) is 24.3 Å². The van der Waals surface area contributed by atoms with Crippen LogP contribution in [-0.4, -0.2) is 18.9 Å². The molecule has 0 saturated heterocycles. The molecule has 0 aliphatic rings. The van der Waals surface area contributed by atoms with Gasteiger partial charge in [-0.3, -0.25) is 9.59 Å². The molecule has 2 aromatic carbocycles. The maximum Gasteiger partial charge on any atom is 0.251 e. The van der Waals surface area contributed by atoms with Gasteiger partial charge in [-0.25, -0.2) is 4.39 Å². The zero-order valence-corrected chi connectivity index (χ0v) is 12.0. The maximum atomic E-state index is 13.4. The third-order valence-corrected chi connectivity index (χ3v) is 2.94. The molecule has 0 fully saturated rings. The minimum Gasteiger partial charge on any atom is -0.355 e. The lowest BCUT2D eigenvalue weighted by molar-refractivity contribution is -0.111. The number of anilines is 1. The molecule has 0 aliphatic carbocycles. The summed E-state index contributed by atoms with van der Waals surface area (Å²) in [7, 11) is 1.53.